The Labute approximate surface area is 124 Å². The summed E-state index contributed by atoms with van der Waals surface area (Å²) in [4.78, 5) is 21.0. The molecule has 2 N–H and O–H groups in total. The molecule has 0 bridgehead atoms. The van der Waals surface area contributed by atoms with Gasteiger partial charge in [0.1, 0.15) is 5.82 Å². The van der Waals surface area contributed by atoms with E-state index in [1.54, 1.807) is 13.2 Å². The Morgan fingerprint density at radius 3 is 2.95 bits per heavy atom. The number of rotatable bonds is 5. The van der Waals surface area contributed by atoms with E-state index in [9.17, 15) is 4.79 Å². The number of nitrogens with zero attached hydrogens (tertiary/aromatic N) is 2. The van der Waals surface area contributed by atoms with Gasteiger partial charge in [-0.3, -0.25) is 4.79 Å². The minimum Gasteiger partial charge on any atom is -0.385 e. The van der Waals surface area contributed by atoms with E-state index in [1.165, 1.54) is 18.6 Å². The quantitative estimate of drug-likeness (QED) is 0.872. The number of amides is 1. The molecule has 0 spiro atoms. The zero-order valence-electron chi connectivity index (χ0n) is 12.3. The molecule has 1 saturated heterocycles. The smallest absolute Gasteiger partial charge is 0.272 e. The van der Waals surface area contributed by atoms with E-state index >= 15 is 0 Å². The highest BCUT2D eigenvalue weighted by atomic mass is 32.2. The summed E-state index contributed by atoms with van der Waals surface area (Å²) in [7, 11) is 1.78. The van der Waals surface area contributed by atoms with Gasteiger partial charge in [-0.1, -0.05) is 13.8 Å². The third kappa shape index (κ3) is 3.62. The lowest BCUT2D eigenvalue weighted by Crippen LogP contribution is -2.31. The third-order valence-electron chi connectivity index (χ3n) is 3.32. The fourth-order valence-corrected chi connectivity index (χ4v) is 3.33. The molecule has 1 aromatic heterocycles. The standard InChI is InChI=1S/C14H22N4OS/c1-9(2)13-16-8-11(15-3)12(18-13)14(19)17-7-10-5-4-6-20-10/h8-10,15H,4-7H2,1-3H3,(H,17,19). The lowest BCUT2D eigenvalue weighted by molar-refractivity contribution is 0.0949. The van der Waals surface area contributed by atoms with E-state index in [2.05, 4.69) is 20.6 Å². The summed E-state index contributed by atoms with van der Waals surface area (Å²) in [6.07, 6.45) is 4.12. The SMILES string of the molecule is CNc1cnc(C(C)C)nc1C(=O)NCC1CCCS1. The van der Waals surface area contributed by atoms with Crippen LogP contribution in [0.25, 0.3) is 0 Å². The highest BCUT2D eigenvalue weighted by molar-refractivity contribution is 8.00. The third-order valence-corrected chi connectivity index (χ3v) is 4.72. The van der Waals surface area contributed by atoms with Crippen molar-refractivity contribution in [2.24, 2.45) is 0 Å². The van der Waals surface area contributed by atoms with Crippen LogP contribution in [-0.4, -0.2) is 40.5 Å². The zero-order chi connectivity index (χ0) is 14.5. The van der Waals surface area contributed by atoms with Crippen molar-refractivity contribution >= 4 is 23.4 Å². The van der Waals surface area contributed by atoms with Crippen molar-refractivity contribution in [2.75, 3.05) is 24.7 Å². The van der Waals surface area contributed by atoms with Crippen LogP contribution in [0.1, 0.15) is 48.9 Å². The van der Waals surface area contributed by atoms with Gasteiger partial charge in [-0.25, -0.2) is 9.97 Å². The first-order valence-electron chi connectivity index (χ1n) is 7.06. The molecule has 0 aromatic carbocycles. The molecule has 0 saturated carbocycles. The van der Waals surface area contributed by atoms with Crippen molar-refractivity contribution in [3.05, 3.63) is 17.7 Å². The van der Waals surface area contributed by atoms with Gasteiger partial charge in [0.15, 0.2) is 5.69 Å². The zero-order valence-corrected chi connectivity index (χ0v) is 13.1. The van der Waals surface area contributed by atoms with E-state index < -0.39 is 0 Å². The summed E-state index contributed by atoms with van der Waals surface area (Å²) in [6.45, 7) is 4.75. The highest BCUT2D eigenvalue weighted by Gasteiger charge is 2.19. The van der Waals surface area contributed by atoms with Gasteiger partial charge < -0.3 is 10.6 Å². The van der Waals surface area contributed by atoms with Gasteiger partial charge in [-0.15, -0.1) is 0 Å². The van der Waals surface area contributed by atoms with Crippen molar-refractivity contribution in [1.29, 1.82) is 0 Å². The second-order valence-electron chi connectivity index (χ2n) is 5.24. The van der Waals surface area contributed by atoms with Crippen molar-refractivity contribution in [1.82, 2.24) is 15.3 Å². The van der Waals surface area contributed by atoms with Crippen LogP contribution >= 0.6 is 11.8 Å². The first-order chi connectivity index (χ1) is 9.61. The summed E-state index contributed by atoms with van der Waals surface area (Å²) in [5.41, 5.74) is 1.11. The van der Waals surface area contributed by atoms with Crippen LogP contribution in [0.3, 0.4) is 0 Å². The molecule has 0 aliphatic carbocycles. The normalized spacial score (nSPS) is 18.3. The predicted molar refractivity (Wildman–Crippen MR) is 83.5 cm³/mol. The largest absolute Gasteiger partial charge is 0.385 e. The fraction of sp³-hybridized carbons (Fsp3) is 0.643. The molecule has 1 aromatic rings. The van der Waals surface area contributed by atoms with Crippen molar-refractivity contribution in [2.45, 2.75) is 37.9 Å². The molecule has 1 fully saturated rings. The summed E-state index contributed by atoms with van der Waals surface area (Å²) in [5.74, 6) is 1.99. The number of carbonyl (C=O) groups is 1. The second-order valence-corrected chi connectivity index (χ2v) is 6.65. The Morgan fingerprint density at radius 1 is 1.55 bits per heavy atom. The number of hydrogen-bond donors (Lipinski definition) is 2. The molecular weight excluding hydrogens is 272 g/mol. The first kappa shape index (κ1) is 15.1. The molecule has 1 atom stereocenters. The monoisotopic (exact) mass is 294 g/mol. The van der Waals surface area contributed by atoms with Crippen LogP contribution < -0.4 is 10.6 Å². The number of thioether (sulfide) groups is 1. The Balaban J connectivity index is 2.08. The van der Waals surface area contributed by atoms with Gasteiger partial charge in [-0.05, 0) is 18.6 Å². The average Bonchev–Trinajstić information content (AvgIpc) is 2.97. The predicted octanol–water partition coefficient (Wildman–Crippen LogP) is 2.27. The molecule has 5 nitrogen and oxygen atoms in total. The van der Waals surface area contributed by atoms with Gasteiger partial charge in [0.05, 0.1) is 11.9 Å². The maximum atomic E-state index is 12.3. The van der Waals surface area contributed by atoms with Gasteiger partial charge in [-0.2, -0.15) is 11.8 Å². The van der Waals surface area contributed by atoms with E-state index in [0.29, 0.717) is 29.0 Å². The lowest BCUT2D eigenvalue weighted by Gasteiger charge is -2.13. The molecule has 0 radical (unpaired) electrons. The van der Waals surface area contributed by atoms with Crippen LogP contribution in [0.4, 0.5) is 5.69 Å². The van der Waals surface area contributed by atoms with E-state index in [4.69, 9.17) is 0 Å². The summed E-state index contributed by atoms with van der Waals surface area (Å²) in [6, 6.07) is 0. The Bertz CT molecular complexity index is 472. The molecule has 1 aliphatic rings. The van der Waals surface area contributed by atoms with Crippen LogP contribution in [0.15, 0.2) is 6.20 Å². The minimum absolute atomic E-state index is 0.119. The first-order valence-corrected chi connectivity index (χ1v) is 8.11. The summed E-state index contributed by atoms with van der Waals surface area (Å²) >= 11 is 1.93. The molecule has 1 unspecified atom stereocenters. The van der Waals surface area contributed by atoms with Gasteiger partial charge in [0.25, 0.3) is 5.91 Å². The molecule has 2 rings (SSSR count). The van der Waals surface area contributed by atoms with Crippen molar-refractivity contribution < 1.29 is 4.79 Å². The summed E-state index contributed by atoms with van der Waals surface area (Å²) < 4.78 is 0. The van der Waals surface area contributed by atoms with E-state index in [1.807, 2.05) is 25.6 Å². The van der Waals surface area contributed by atoms with Crippen molar-refractivity contribution in [3.8, 4) is 0 Å². The van der Waals surface area contributed by atoms with Gasteiger partial charge in [0, 0.05) is 24.8 Å². The number of aromatic nitrogens is 2. The van der Waals surface area contributed by atoms with Gasteiger partial charge >= 0.3 is 0 Å². The molecule has 1 amide bonds. The highest BCUT2D eigenvalue weighted by Crippen LogP contribution is 2.25. The maximum Gasteiger partial charge on any atom is 0.272 e. The van der Waals surface area contributed by atoms with Crippen LogP contribution in [-0.2, 0) is 0 Å². The fourth-order valence-electron chi connectivity index (χ4n) is 2.13. The molecule has 20 heavy (non-hydrogen) atoms. The van der Waals surface area contributed by atoms with Crippen molar-refractivity contribution in [3.63, 3.8) is 0 Å². The summed E-state index contributed by atoms with van der Waals surface area (Å²) in [5, 5.41) is 6.52. The number of nitrogens with one attached hydrogen (secondary N) is 2. The van der Waals surface area contributed by atoms with Crippen LogP contribution in [0.2, 0.25) is 0 Å². The number of carbonyl (C=O) groups excluding carboxylic acids is 1. The van der Waals surface area contributed by atoms with E-state index in [-0.39, 0.29) is 11.8 Å². The van der Waals surface area contributed by atoms with Crippen LogP contribution in [0.5, 0.6) is 0 Å². The molecule has 1 aliphatic heterocycles. The maximum absolute atomic E-state index is 12.3. The lowest BCUT2D eigenvalue weighted by atomic mass is 10.2. The molecule has 2 heterocycles. The van der Waals surface area contributed by atoms with E-state index in [0.717, 1.165) is 0 Å². The topological polar surface area (TPSA) is 66.9 Å². The molecule has 110 valence electrons. The Kier molecular flexibility index (Phi) is 5.23. The molecule has 6 heteroatoms. The van der Waals surface area contributed by atoms with Crippen LogP contribution in [0, 0.1) is 0 Å². The number of hydrogen-bond acceptors (Lipinski definition) is 5. The molecular formula is C14H22N4OS. The second kappa shape index (κ2) is 6.92. The average molecular weight is 294 g/mol. The Hall–Kier alpha value is -1.30. The number of anilines is 1. The van der Waals surface area contributed by atoms with Gasteiger partial charge in [0.2, 0.25) is 0 Å². The Morgan fingerprint density at radius 2 is 2.35 bits per heavy atom. The minimum atomic E-state index is -0.119.